The van der Waals surface area contributed by atoms with Gasteiger partial charge in [-0.15, -0.1) is 0 Å². The van der Waals surface area contributed by atoms with Crippen LogP contribution in [0.3, 0.4) is 0 Å². The summed E-state index contributed by atoms with van der Waals surface area (Å²) in [5.41, 5.74) is 2.89. The van der Waals surface area contributed by atoms with Crippen molar-refractivity contribution in [2.24, 2.45) is 0 Å². The second kappa shape index (κ2) is 9.31. The van der Waals surface area contributed by atoms with E-state index in [1.807, 2.05) is 55.5 Å². The van der Waals surface area contributed by atoms with Gasteiger partial charge in [0.1, 0.15) is 11.5 Å². The maximum atomic E-state index is 13.2. The summed E-state index contributed by atoms with van der Waals surface area (Å²) in [6.45, 7) is 4.59. The Kier molecular flexibility index (Phi) is 6.57. The van der Waals surface area contributed by atoms with E-state index in [2.05, 4.69) is 0 Å². The number of hydrogen-bond acceptors (Lipinski definition) is 5. The van der Waals surface area contributed by atoms with Crippen molar-refractivity contribution in [3.63, 3.8) is 0 Å². The van der Waals surface area contributed by atoms with Crippen LogP contribution in [0.2, 0.25) is 0 Å². The molecule has 1 amide bonds. The van der Waals surface area contributed by atoms with Crippen molar-refractivity contribution in [2.45, 2.75) is 20.4 Å². The lowest BCUT2D eigenvalue weighted by molar-refractivity contribution is -0.136. The van der Waals surface area contributed by atoms with E-state index in [0.717, 1.165) is 22.6 Å². The minimum atomic E-state index is -0.532. The normalized spacial score (nSPS) is 15.0. The predicted octanol–water partition coefficient (Wildman–Crippen LogP) is 3.97. The molecule has 1 aliphatic heterocycles. The van der Waals surface area contributed by atoms with Crippen molar-refractivity contribution in [3.8, 4) is 11.5 Å². The molecule has 0 saturated heterocycles. The van der Waals surface area contributed by atoms with Crippen LogP contribution < -0.4 is 9.47 Å². The summed E-state index contributed by atoms with van der Waals surface area (Å²) in [6, 6.07) is 14.8. The molecule has 6 nitrogen and oxygen atoms in total. The van der Waals surface area contributed by atoms with E-state index < -0.39 is 5.97 Å². The van der Waals surface area contributed by atoms with Crippen LogP contribution >= 0.6 is 0 Å². The number of amides is 1. The molecule has 0 saturated carbocycles. The largest absolute Gasteiger partial charge is 0.497 e. The molecule has 0 aromatic heterocycles. The summed E-state index contributed by atoms with van der Waals surface area (Å²) in [5.74, 6) is 0.719. The molecule has 0 bridgehead atoms. The molecular weight excluding hydrogens is 382 g/mol. The van der Waals surface area contributed by atoms with E-state index in [9.17, 15) is 9.59 Å². The highest BCUT2D eigenvalue weighted by Crippen LogP contribution is 2.33. The van der Waals surface area contributed by atoms with Gasteiger partial charge < -0.3 is 19.1 Å². The molecule has 3 rings (SSSR count). The Morgan fingerprint density at radius 1 is 1.00 bits per heavy atom. The Labute approximate surface area is 176 Å². The minimum Gasteiger partial charge on any atom is -0.497 e. The van der Waals surface area contributed by atoms with E-state index in [4.69, 9.17) is 14.2 Å². The van der Waals surface area contributed by atoms with Crippen molar-refractivity contribution in [2.75, 3.05) is 20.8 Å². The minimum absolute atomic E-state index is 0.238. The SMILES string of the molecule is CCOc1ccc(/C=C2\C(=O)N(Cc3ccc(OC)cc3)C(C)=C2C(=O)OC)cc1. The first kappa shape index (κ1) is 21.2. The lowest BCUT2D eigenvalue weighted by atomic mass is 10.0. The van der Waals surface area contributed by atoms with Crippen LogP contribution in [0.1, 0.15) is 25.0 Å². The molecule has 0 spiro atoms. The zero-order valence-electron chi connectivity index (χ0n) is 17.6. The Bertz CT molecular complexity index is 987. The first-order valence-corrected chi connectivity index (χ1v) is 9.67. The van der Waals surface area contributed by atoms with Crippen LogP contribution in [-0.4, -0.2) is 37.6 Å². The number of ether oxygens (including phenoxy) is 3. The number of methoxy groups -OCH3 is 2. The van der Waals surface area contributed by atoms with Gasteiger partial charge >= 0.3 is 5.97 Å². The number of hydrogen-bond donors (Lipinski definition) is 0. The fraction of sp³-hybridized carbons (Fsp3) is 0.250. The standard InChI is InChI=1S/C24H25NO5/c1-5-30-20-12-6-17(7-13-20)14-21-22(24(27)29-4)16(2)25(23(21)26)15-18-8-10-19(28-3)11-9-18/h6-14H,5,15H2,1-4H3/b21-14-. The van der Waals surface area contributed by atoms with Crippen LogP contribution in [0, 0.1) is 0 Å². The summed E-state index contributed by atoms with van der Waals surface area (Å²) in [6.07, 6.45) is 1.71. The zero-order valence-corrected chi connectivity index (χ0v) is 17.6. The molecule has 1 heterocycles. The maximum Gasteiger partial charge on any atom is 0.340 e. The van der Waals surface area contributed by atoms with Gasteiger partial charge in [0.05, 0.1) is 38.5 Å². The van der Waals surface area contributed by atoms with E-state index in [0.29, 0.717) is 24.4 Å². The number of allylic oxidation sites excluding steroid dienone is 1. The van der Waals surface area contributed by atoms with Gasteiger partial charge in [-0.3, -0.25) is 4.79 Å². The van der Waals surface area contributed by atoms with Crippen molar-refractivity contribution in [3.05, 3.63) is 76.5 Å². The Morgan fingerprint density at radius 2 is 1.63 bits per heavy atom. The third kappa shape index (κ3) is 4.38. The van der Waals surface area contributed by atoms with Crippen molar-refractivity contribution >= 4 is 18.0 Å². The van der Waals surface area contributed by atoms with Gasteiger partial charge in [0.25, 0.3) is 5.91 Å². The van der Waals surface area contributed by atoms with Gasteiger partial charge in [0.2, 0.25) is 0 Å². The second-order valence-electron chi connectivity index (χ2n) is 6.75. The zero-order chi connectivity index (χ0) is 21.7. The van der Waals surface area contributed by atoms with Crippen molar-refractivity contribution in [1.29, 1.82) is 0 Å². The first-order valence-electron chi connectivity index (χ1n) is 9.67. The lowest BCUT2D eigenvalue weighted by Crippen LogP contribution is -2.24. The fourth-order valence-corrected chi connectivity index (χ4v) is 3.33. The molecule has 2 aromatic rings. The maximum absolute atomic E-state index is 13.2. The molecule has 30 heavy (non-hydrogen) atoms. The molecule has 0 N–H and O–H groups in total. The van der Waals surface area contributed by atoms with E-state index in [-0.39, 0.29) is 11.5 Å². The molecule has 1 aliphatic rings. The van der Waals surface area contributed by atoms with Gasteiger partial charge in [-0.25, -0.2) is 4.79 Å². The summed E-state index contributed by atoms with van der Waals surface area (Å²) >= 11 is 0. The highest BCUT2D eigenvalue weighted by Gasteiger charge is 2.36. The molecule has 0 radical (unpaired) electrons. The molecule has 0 aliphatic carbocycles. The molecule has 2 aromatic carbocycles. The van der Waals surface area contributed by atoms with Crippen LogP contribution in [0.15, 0.2) is 65.4 Å². The molecule has 156 valence electrons. The Hall–Kier alpha value is -3.54. The molecule has 0 fully saturated rings. The van der Waals surface area contributed by atoms with Crippen LogP contribution in [0.5, 0.6) is 11.5 Å². The van der Waals surface area contributed by atoms with Crippen LogP contribution in [0.4, 0.5) is 0 Å². The van der Waals surface area contributed by atoms with Crippen molar-refractivity contribution in [1.82, 2.24) is 4.90 Å². The molecular formula is C24H25NO5. The lowest BCUT2D eigenvalue weighted by Gasteiger charge is -2.18. The Morgan fingerprint density at radius 3 is 2.20 bits per heavy atom. The monoisotopic (exact) mass is 407 g/mol. The first-order chi connectivity index (χ1) is 14.5. The van der Waals surface area contributed by atoms with Gasteiger partial charge in [-0.05, 0) is 55.3 Å². The second-order valence-corrected chi connectivity index (χ2v) is 6.75. The molecule has 0 unspecified atom stereocenters. The number of carbonyl (C=O) groups excluding carboxylic acids is 2. The quantitative estimate of drug-likeness (QED) is 0.513. The number of carbonyl (C=O) groups is 2. The molecule has 0 atom stereocenters. The summed E-state index contributed by atoms with van der Waals surface area (Å²) in [5, 5.41) is 0. The summed E-state index contributed by atoms with van der Waals surface area (Å²) in [4.78, 5) is 27.3. The molecule has 6 heteroatoms. The van der Waals surface area contributed by atoms with Crippen LogP contribution in [0.25, 0.3) is 6.08 Å². The number of benzene rings is 2. The number of esters is 1. The highest BCUT2D eigenvalue weighted by molar-refractivity contribution is 6.16. The number of nitrogens with zero attached hydrogens (tertiary/aromatic N) is 1. The van der Waals surface area contributed by atoms with Gasteiger partial charge in [-0.1, -0.05) is 24.3 Å². The van der Waals surface area contributed by atoms with Gasteiger partial charge in [0.15, 0.2) is 0 Å². The average molecular weight is 407 g/mol. The fourth-order valence-electron chi connectivity index (χ4n) is 3.33. The van der Waals surface area contributed by atoms with Gasteiger partial charge in [-0.2, -0.15) is 0 Å². The van der Waals surface area contributed by atoms with E-state index in [1.165, 1.54) is 7.11 Å². The number of rotatable bonds is 7. The third-order valence-electron chi connectivity index (χ3n) is 4.90. The third-order valence-corrected chi connectivity index (χ3v) is 4.90. The van der Waals surface area contributed by atoms with E-state index in [1.54, 1.807) is 25.0 Å². The smallest absolute Gasteiger partial charge is 0.340 e. The van der Waals surface area contributed by atoms with Gasteiger partial charge in [0, 0.05) is 5.70 Å². The summed E-state index contributed by atoms with van der Waals surface area (Å²) in [7, 11) is 2.92. The highest BCUT2D eigenvalue weighted by atomic mass is 16.5. The van der Waals surface area contributed by atoms with Crippen LogP contribution in [-0.2, 0) is 20.9 Å². The topological polar surface area (TPSA) is 65.1 Å². The summed E-state index contributed by atoms with van der Waals surface area (Å²) < 4.78 is 15.6. The average Bonchev–Trinajstić information content (AvgIpc) is 2.99. The predicted molar refractivity (Wildman–Crippen MR) is 114 cm³/mol. The van der Waals surface area contributed by atoms with E-state index >= 15 is 0 Å². The van der Waals surface area contributed by atoms with Crippen molar-refractivity contribution < 1.29 is 23.8 Å². The Balaban J connectivity index is 1.94.